The molecule has 0 bridgehead atoms. The zero-order chi connectivity index (χ0) is 20.4. The third-order valence-corrected chi connectivity index (χ3v) is 4.20. The van der Waals surface area contributed by atoms with Gasteiger partial charge in [-0.15, -0.1) is 0 Å². The summed E-state index contributed by atoms with van der Waals surface area (Å²) in [6.45, 7) is 1.65. The second-order valence-electron chi connectivity index (χ2n) is 5.92. The number of ether oxygens (including phenoxy) is 2. The molecule has 1 aliphatic rings. The largest absolute Gasteiger partial charge is 0.465 e. The molecule has 1 heterocycles. The van der Waals surface area contributed by atoms with Crippen molar-refractivity contribution in [2.75, 3.05) is 13.2 Å². The fourth-order valence-electron chi connectivity index (χ4n) is 2.42. The van der Waals surface area contributed by atoms with Crippen molar-refractivity contribution in [2.24, 2.45) is 5.16 Å². The van der Waals surface area contributed by atoms with Crippen LogP contribution in [0.3, 0.4) is 0 Å². The van der Waals surface area contributed by atoms with Gasteiger partial charge in [-0.05, 0) is 28.4 Å². The van der Waals surface area contributed by atoms with Crippen molar-refractivity contribution >= 4 is 38.5 Å². The summed E-state index contributed by atoms with van der Waals surface area (Å²) < 4.78 is 10.6. The number of alkyl carbamates (subject to hydrolysis) is 1. The van der Waals surface area contributed by atoms with E-state index in [0.717, 1.165) is 5.56 Å². The van der Waals surface area contributed by atoms with E-state index in [1.165, 1.54) is 0 Å². The molecule has 0 saturated heterocycles. The number of esters is 1. The number of carbonyl (C=O) groups is 3. The summed E-state index contributed by atoms with van der Waals surface area (Å²) in [6, 6.07) is 8.19. The van der Waals surface area contributed by atoms with Gasteiger partial charge in [0, 0.05) is 12.8 Å². The normalized spacial score (nSPS) is 16.4. The van der Waals surface area contributed by atoms with Gasteiger partial charge in [-0.2, -0.15) is 0 Å². The maximum absolute atomic E-state index is 12.4. The predicted octanol–water partition coefficient (Wildman–Crippen LogP) is 1.85. The number of hydrogen-bond donors (Lipinski definition) is 2. The molecule has 1 aliphatic heterocycles. The molecule has 2 N–H and O–H groups in total. The zero-order valence-corrected chi connectivity index (χ0v) is 16.9. The van der Waals surface area contributed by atoms with E-state index in [0.29, 0.717) is 11.0 Å². The quantitative estimate of drug-likeness (QED) is 0.548. The summed E-state index contributed by atoms with van der Waals surface area (Å²) in [6.07, 6.45) is -0.504. The first-order valence-corrected chi connectivity index (χ1v) is 9.56. The molecular formula is C18H22BrN3O6. The minimum Gasteiger partial charge on any atom is -0.465 e. The standard InChI is InChI=1S/C18H22BrN3O6/c1-2-26-16(23)10-20-17(24)14(8-13-9-15(19)22-28-13)21-18(25)27-11-12-6-4-3-5-7-12/h3-7,13-14H,2,8-11H2,1H3,(H,20,24)(H,21,25)/t13?,14-/m0/s1. The molecule has 10 heteroatoms. The van der Waals surface area contributed by atoms with Gasteiger partial charge in [-0.25, -0.2) is 4.79 Å². The lowest BCUT2D eigenvalue weighted by Crippen LogP contribution is -2.49. The Morgan fingerprint density at radius 3 is 2.68 bits per heavy atom. The number of benzene rings is 1. The maximum Gasteiger partial charge on any atom is 0.408 e. The van der Waals surface area contributed by atoms with Gasteiger partial charge in [0.25, 0.3) is 0 Å². The highest BCUT2D eigenvalue weighted by molar-refractivity contribution is 9.18. The Morgan fingerprint density at radius 1 is 1.29 bits per heavy atom. The lowest BCUT2D eigenvalue weighted by molar-refractivity contribution is -0.143. The fraction of sp³-hybridized carbons (Fsp3) is 0.444. The number of hydrogen-bond acceptors (Lipinski definition) is 7. The topological polar surface area (TPSA) is 115 Å². The van der Waals surface area contributed by atoms with E-state index < -0.39 is 24.0 Å². The minimum absolute atomic E-state index is 0.0679. The number of oxime groups is 1. The molecule has 0 aromatic heterocycles. The maximum atomic E-state index is 12.4. The van der Waals surface area contributed by atoms with Crippen LogP contribution in [-0.2, 0) is 30.5 Å². The van der Waals surface area contributed by atoms with Gasteiger partial charge in [-0.1, -0.05) is 35.5 Å². The van der Waals surface area contributed by atoms with E-state index in [2.05, 4.69) is 31.7 Å². The van der Waals surface area contributed by atoms with Crippen LogP contribution >= 0.6 is 15.9 Å². The Balaban J connectivity index is 1.89. The predicted molar refractivity (Wildman–Crippen MR) is 104 cm³/mol. The van der Waals surface area contributed by atoms with Crippen molar-refractivity contribution in [3.8, 4) is 0 Å². The van der Waals surface area contributed by atoms with E-state index in [4.69, 9.17) is 14.3 Å². The summed E-state index contributed by atoms with van der Waals surface area (Å²) in [5.74, 6) is -1.11. The molecule has 2 amide bonds. The number of rotatable bonds is 9. The molecule has 1 unspecified atom stereocenters. The molecule has 2 atom stereocenters. The first-order chi connectivity index (χ1) is 13.5. The van der Waals surface area contributed by atoms with E-state index in [1.807, 2.05) is 30.3 Å². The Kier molecular flexibility index (Phi) is 8.73. The summed E-state index contributed by atoms with van der Waals surface area (Å²) in [7, 11) is 0. The third-order valence-electron chi connectivity index (χ3n) is 3.73. The monoisotopic (exact) mass is 455 g/mol. The van der Waals surface area contributed by atoms with Crippen LogP contribution in [0.4, 0.5) is 4.79 Å². The summed E-state index contributed by atoms with van der Waals surface area (Å²) in [5.41, 5.74) is 0.817. The summed E-state index contributed by atoms with van der Waals surface area (Å²) >= 11 is 3.23. The van der Waals surface area contributed by atoms with Gasteiger partial charge >= 0.3 is 12.1 Å². The van der Waals surface area contributed by atoms with E-state index in [9.17, 15) is 14.4 Å². The van der Waals surface area contributed by atoms with Gasteiger partial charge in [0.15, 0.2) is 0 Å². The van der Waals surface area contributed by atoms with E-state index in [1.54, 1.807) is 6.92 Å². The summed E-state index contributed by atoms with van der Waals surface area (Å²) in [5, 5.41) is 8.72. The average Bonchev–Trinajstić information content (AvgIpc) is 3.10. The highest BCUT2D eigenvalue weighted by Crippen LogP contribution is 2.18. The molecule has 0 fully saturated rings. The summed E-state index contributed by atoms with van der Waals surface area (Å²) in [4.78, 5) is 41.2. The van der Waals surface area contributed by atoms with Gasteiger partial charge in [-0.3, -0.25) is 9.59 Å². The van der Waals surface area contributed by atoms with Crippen LogP contribution in [0.2, 0.25) is 0 Å². The lowest BCUT2D eigenvalue weighted by atomic mass is 10.1. The first-order valence-electron chi connectivity index (χ1n) is 8.76. The Labute approximate surface area is 170 Å². The van der Waals surface area contributed by atoms with Crippen LogP contribution in [0.15, 0.2) is 35.5 Å². The van der Waals surface area contributed by atoms with Crippen LogP contribution in [0.25, 0.3) is 0 Å². The van der Waals surface area contributed by atoms with E-state index >= 15 is 0 Å². The van der Waals surface area contributed by atoms with Gasteiger partial charge in [0.05, 0.1) is 6.61 Å². The van der Waals surface area contributed by atoms with Crippen LogP contribution < -0.4 is 10.6 Å². The molecule has 9 nitrogen and oxygen atoms in total. The van der Waals surface area contributed by atoms with Crippen molar-refractivity contribution < 1.29 is 28.7 Å². The first kappa shape index (κ1) is 21.7. The Bertz CT molecular complexity index is 713. The van der Waals surface area contributed by atoms with Gasteiger partial charge in [0.1, 0.15) is 29.9 Å². The molecule has 1 aromatic rings. The van der Waals surface area contributed by atoms with Crippen LogP contribution in [0.5, 0.6) is 0 Å². The Morgan fingerprint density at radius 2 is 2.04 bits per heavy atom. The van der Waals surface area contributed by atoms with Crippen molar-refractivity contribution in [1.29, 1.82) is 0 Å². The SMILES string of the molecule is CCOC(=O)CNC(=O)[C@H](CC1CC(Br)=NO1)NC(=O)OCc1ccccc1. The number of amides is 2. The van der Waals surface area contributed by atoms with Crippen LogP contribution in [0.1, 0.15) is 25.3 Å². The number of carbonyl (C=O) groups excluding carboxylic acids is 3. The number of nitrogens with zero attached hydrogens (tertiary/aromatic N) is 1. The molecule has 28 heavy (non-hydrogen) atoms. The van der Waals surface area contributed by atoms with Crippen molar-refractivity contribution in [2.45, 2.75) is 38.5 Å². The Hall–Kier alpha value is -2.62. The molecule has 0 spiro atoms. The molecule has 1 aromatic carbocycles. The van der Waals surface area contributed by atoms with Crippen molar-refractivity contribution in [3.05, 3.63) is 35.9 Å². The third kappa shape index (κ3) is 7.55. The van der Waals surface area contributed by atoms with Crippen LogP contribution in [0, 0.1) is 0 Å². The lowest BCUT2D eigenvalue weighted by Gasteiger charge is -2.20. The van der Waals surface area contributed by atoms with Gasteiger partial charge in [0.2, 0.25) is 5.91 Å². The molecule has 0 saturated carbocycles. The smallest absolute Gasteiger partial charge is 0.408 e. The molecule has 2 rings (SSSR count). The van der Waals surface area contributed by atoms with Crippen LogP contribution in [-0.4, -0.2) is 47.9 Å². The molecule has 152 valence electrons. The van der Waals surface area contributed by atoms with E-state index in [-0.39, 0.29) is 32.3 Å². The highest BCUT2D eigenvalue weighted by Gasteiger charge is 2.29. The number of nitrogens with one attached hydrogen (secondary N) is 2. The van der Waals surface area contributed by atoms with Crippen molar-refractivity contribution in [1.82, 2.24) is 10.6 Å². The second-order valence-corrected chi connectivity index (χ2v) is 6.83. The average molecular weight is 456 g/mol. The van der Waals surface area contributed by atoms with Gasteiger partial charge < -0.3 is 24.9 Å². The molecule has 0 aliphatic carbocycles. The number of halogens is 1. The van der Waals surface area contributed by atoms with Crippen molar-refractivity contribution in [3.63, 3.8) is 0 Å². The minimum atomic E-state index is -0.962. The fourth-order valence-corrected chi connectivity index (χ4v) is 2.86. The zero-order valence-electron chi connectivity index (χ0n) is 15.4. The highest BCUT2D eigenvalue weighted by atomic mass is 79.9. The molecular weight excluding hydrogens is 434 g/mol. The molecule has 0 radical (unpaired) electrons. The second kappa shape index (κ2) is 11.3.